The van der Waals surface area contributed by atoms with Gasteiger partial charge in [0.05, 0.1) is 5.52 Å². The number of unbranched alkanes of at least 4 members (excludes halogenated alkanes) is 1. The van der Waals surface area contributed by atoms with Gasteiger partial charge in [0.2, 0.25) is 0 Å². The van der Waals surface area contributed by atoms with Gasteiger partial charge in [-0.1, -0.05) is 50.6 Å². The summed E-state index contributed by atoms with van der Waals surface area (Å²) in [6.07, 6.45) is 5.99. The topological polar surface area (TPSA) is 62.3 Å². The Kier molecular flexibility index (Phi) is 8.11. The van der Waals surface area contributed by atoms with Crippen molar-refractivity contribution in [3.63, 3.8) is 0 Å². The Morgan fingerprint density at radius 3 is 2.54 bits per heavy atom. The minimum Gasteiger partial charge on any atom is -0.338 e. The zero-order chi connectivity index (χ0) is 24.8. The van der Waals surface area contributed by atoms with E-state index in [4.69, 9.17) is 0 Å². The maximum atomic E-state index is 15.2. The van der Waals surface area contributed by atoms with E-state index in [2.05, 4.69) is 17.2 Å². The third-order valence-electron chi connectivity index (χ3n) is 6.97. The standard InChI is InChI=1S/C29H34FN3O2/c1-3-5-13-31-29(35)33-14-11-21(12-15-33)22-17-24-23(16-20-9-7-6-8-10-20)25(28(34)4-2)19-32-27(24)18-26(22)30/h6-10,17-19,21H,3-5,11-16H2,1-2H3,(H,31,35). The van der Waals surface area contributed by atoms with Crippen LogP contribution >= 0.6 is 0 Å². The summed E-state index contributed by atoms with van der Waals surface area (Å²) in [5.41, 5.74) is 3.83. The van der Waals surface area contributed by atoms with Crippen LogP contribution < -0.4 is 5.32 Å². The maximum absolute atomic E-state index is 15.2. The number of pyridine rings is 1. The SMILES string of the molecule is CCCCNC(=O)N1CCC(c2cc3c(Cc4ccccc4)c(C(=O)CC)cnc3cc2F)CC1. The Bertz CT molecular complexity index is 1190. The number of fused-ring (bicyclic) bond motifs is 1. The Labute approximate surface area is 206 Å². The first-order valence-electron chi connectivity index (χ1n) is 12.7. The van der Waals surface area contributed by atoms with Crippen LogP contribution in [0.25, 0.3) is 10.9 Å². The van der Waals surface area contributed by atoms with Crippen molar-refractivity contribution in [2.45, 2.75) is 58.3 Å². The minimum absolute atomic E-state index is 0.0224. The number of halogens is 1. The monoisotopic (exact) mass is 475 g/mol. The number of amides is 2. The first-order valence-corrected chi connectivity index (χ1v) is 12.7. The highest BCUT2D eigenvalue weighted by molar-refractivity contribution is 6.01. The molecule has 0 unspecified atom stereocenters. The molecular weight excluding hydrogens is 441 g/mol. The number of piperidine rings is 1. The lowest BCUT2D eigenvalue weighted by Crippen LogP contribution is -2.44. The van der Waals surface area contributed by atoms with Gasteiger partial charge in [-0.25, -0.2) is 9.18 Å². The van der Waals surface area contributed by atoms with Gasteiger partial charge in [-0.05, 0) is 54.4 Å². The molecule has 1 saturated heterocycles. The molecule has 0 aliphatic carbocycles. The molecule has 0 bridgehead atoms. The average Bonchev–Trinajstić information content (AvgIpc) is 2.89. The van der Waals surface area contributed by atoms with Crippen molar-refractivity contribution in [3.05, 3.63) is 76.7 Å². The number of ketones is 1. The first-order chi connectivity index (χ1) is 17.0. The number of likely N-dealkylation sites (tertiary alicyclic amines) is 1. The molecule has 1 aliphatic heterocycles. The number of carbonyl (C=O) groups excluding carboxylic acids is 2. The fourth-order valence-corrected chi connectivity index (χ4v) is 4.90. The molecule has 1 N–H and O–H groups in total. The number of rotatable bonds is 8. The van der Waals surface area contributed by atoms with Gasteiger partial charge in [-0.15, -0.1) is 0 Å². The van der Waals surface area contributed by atoms with Gasteiger partial charge >= 0.3 is 6.03 Å². The molecular formula is C29H34FN3O2. The fourth-order valence-electron chi connectivity index (χ4n) is 4.90. The van der Waals surface area contributed by atoms with Gasteiger partial charge in [0.25, 0.3) is 0 Å². The van der Waals surface area contributed by atoms with Crippen molar-refractivity contribution in [2.75, 3.05) is 19.6 Å². The van der Waals surface area contributed by atoms with Gasteiger partial charge in [-0.3, -0.25) is 9.78 Å². The van der Waals surface area contributed by atoms with Crippen molar-refractivity contribution >= 4 is 22.7 Å². The number of nitrogens with one attached hydrogen (secondary N) is 1. The van der Waals surface area contributed by atoms with Crippen molar-refractivity contribution < 1.29 is 14.0 Å². The second kappa shape index (κ2) is 11.4. The van der Waals surface area contributed by atoms with Crippen molar-refractivity contribution in [2.24, 2.45) is 0 Å². The van der Waals surface area contributed by atoms with Crippen molar-refractivity contribution in [3.8, 4) is 0 Å². The molecule has 35 heavy (non-hydrogen) atoms. The molecule has 6 heteroatoms. The van der Waals surface area contributed by atoms with Crippen LogP contribution in [0.4, 0.5) is 9.18 Å². The van der Waals surface area contributed by atoms with Crippen LogP contribution in [0.3, 0.4) is 0 Å². The molecule has 2 heterocycles. The zero-order valence-corrected chi connectivity index (χ0v) is 20.6. The summed E-state index contributed by atoms with van der Waals surface area (Å²) in [5, 5.41) is 3.81. The lowest BCUT2D eigenvalue weighted by molar-refractivity contribution is 0.0987. The van der Waals surface area contributed by atoms with Gasteiger partial charge in [0, 0.05) is 49.3 Å². The van der Waals surface area contributed by atoms with Crippen LogP contribution in [-0.4, -0.2) is 41.3 Å². The average molecular weight is 476 g/mol. The molecule has 2 aromatic carbocycles. The van der Waals surface area contributed by atoms with E-state index in [0.717, 1.165) is 29.4 Å². The molecule has 0 atom stereocenters. The highest BCUT2D eigenvalue weighted by Gasteiger charge is 2.26. The van der Waals surface area contributed by atoms with Crippen LogP contribution in [0.2, 0.25) is 0 Å². The van der Waals surface area contributed by atoms with Crippen molar-refractivity contribution in [1.82, 2.24) is 15.2 Å². The molecule has 1 aromatic heterocycles. The molecule has 1 fully saturated rings. The number of hydrogen-bond donors (Lipinski definition) is 1. The smallest absolute Gasteiger partial charge is 0.317 e. The van der Waals surface area contributed by atoms with E-state index in [-0.39, 0.29) is 23.5 Å². The van der Waals surface area contributed by atoms with E-state index < -0.39 is 0 Å². The predicted molar refractivity (Wildman–Crippen MR) is 137 cm³/mol. The second-order valence-electron chi connectivity index (χ2n) is 9.33. The fraction of sp³-hybridized carbons (Fsp3) is 0.414. The van der Waals surface area contributed by atoms with E-state index in [1.165, 1.54) is 6.07 Å². The summed E-state index contributed by atoms with van der Waals surface area (Å²) < 4.78 is 15.2. The molecule has 184 valence electrons. The molecule has 4 rings (SSSR count). The van der Waals surface area contributed by atoms with Gasteiger partial charge in [-0.2, -0.15) is 0 Å². The summed E-state index contributed by atoms with van der Waals surface area (Å²) >= 11 is 0. The number of aromatic nitrogens is 1. The number of benzene rings is 2. The van der Waals surface area contributed by atoms with Gasteiger partial charge in [0.15, 0.2) is 5.78 Å². The quantitative estimate of drug-likeness (QED) is 0.310. The molecule has 0 saturated carbocycles. The summed E-state index contributed by atoms with van der Waals surface area (Å²) in [5.74, 6) is -0.205. The van der Waals surface area contributed by atoms with Gasteiger partial charge < -0.3 is 10.2 Å². The van der Waals surface area contributed by atoms with E-state index in [1.54, 1.807) is 6.20 Å². The number of urea groups is 1. The van der Waals surface area contributed by atoms with Crippen LogP contribution in [0.5, 0.6) is 0 Å². The summed E-state index contributed by atoms with van der Waals surface area (Å²) in [7, 11) is 0. The van der Waals surface area contributed by atoms with E-state index in [9.17, 15) is 9.59 Å². The first kappa shape index (κ1) is 24.8. The number of nitrogens with zero attached hydrogens (tertiary/aromatic N) is 2. The number of hydrogen-bond acceptors (Lipinski definition) is 3. The Balaban J connectivity index is 1.63. The molecule has 3 aromatic rings. The Morgan fingerprint density at radius 1 is 1.11 bits per heavy atom. The van der Waals surface area contributed by atoms with E-state index >= 15 is 4.39 Å². The molecule has 0 radical (unpaired) electrons. The summed E-state index contributed by atoms with van der Waals surface area (Å²) in [6, 6.07) is 13.4. The third-order valence-corrected chi connectivity index (χ3v) is 6.97. The zero-order valence-electron chi connectivity index (χ0n) is 20.6. The second-order valence-corrected chi connectivity index (χ2v) is 9.33. The number of Topliss-reactive ketones (excluding diaryl/α,β-unsaturated/α-hetero) is 1. The lowest BCUT2D eigenvalue weighted by Gasteiger charge is -2.32. The van der Waals surface area contributed by atoms with Gasteiger partial charge in [0.1, 0.15) is 5.82 Å². The minimum atomic E-state index is -0.268. The Hall–Kier alpha value is -3.28. The van der Waals surface area contributed by atoms with Crippen LogP contribution in [0, 0.1) is 5.82 Å². The molecule has 2 amide bonds. The largest absolute Gasteiger partial charge is 0.338 e. The lowest BCUT2D eigenvalue weighted by atomic mass is 9.86. The van der Waals surface area contributed by atoms with Crippen molar-refractivity contribution in [1.29, 1.82) is 0 Å². The predicted octanol–water partition coefficient (Wildman–Crippen LogP) is 6.25. The van der Waals surface area contributed by atoms with E-state index in [0.29, 0.717) is 62.0 Å². The molecule has 0 spiro atoms. The number of carbonyl (C=O) groups is 2. The van der Waals surface area contributed by atoms with E-state index in [1.807, 2.05) is 48.2 Å². The Morgan fingerprint density at radius 2 is 1.86 bits per heavy atom. The summed E-state index contributed by atoms with van der Waals surface area (Å²) in [6.45, 7) is 5.83. The third kappa shape index (κ3) is 5.69. The molecule has 1 aliphatic rings. The van der Waals surface area contributed by atoms with Crippen LogP contribution in [-0.2, 0) is 6.42 Å². The maximum Gasteiger partial charge on any atom is 0.317 e. The highest BCUT2D eigenvalue weighted by Crippen LogP contribution is 2.34. The van der Waals surface area contributed by atoms with Crippen LogP contribution in [0.1, 0.15) is 78.9 Å². The summed E-state index contributed by atoms with van der Waals surface area (Å²) in [4.78, 5) is 31.4. The highest BCUT2D eigenvalue weighted by atomic mass is 19.1. The molecule has 5 nitrogen and oxygen atoms in total. The normalized spacial score (nSPS) is 14.3. The van der Waals surface area contributed by atoms with Crippen LogP contribution in [0.15, 0.2) is 48.7 Å².